The summed E-state index contributed by atoms with van der Waals surface area (Å²) >= 11 is 0. The number of carbonyl (C=O) groups excluding carboxylic acids is 1. The lowest BCUT2D eigenvalue weighted by molar-refractivity contribution is -0.122. The van der Waals surface area contributed by atoms with Crippen molar-refractivity contribution in [1.82, 2.24) is 5.32 Å². The lowest BCUT2D eigenvalue weighted by Crippen LogP contribution is -2.37. The monoisotopic (exact) mass is 230 g/mol. The van der Waals surface area contributed by atoms with E-state index >= 15 is 0 Å². The van der Waals surface area contributed by atoms with Crippen molar-refractivity contribution in [1.29, 1.82) is 0 Å². The van der Waals surface area contributed by atoms with Gasteiger partial charge in [0.1, 0.15) is 0 Å². The Morgan fingerprint density at radius 1 is 1.31 bits per heavy atom. The summed E-state index contributed by atoms with van der Waals surface area (Å²) in [5.41, 5.74) is 5.50. The minimum Gasteiger partial charge on any atom is -0.394 e. The zero-order valence-corrected chi connectivity index (χ0v) is 10.5. The minimum absolute atomic E-state index is 0.0161. The number of rotatable bonds is 9. The Hall–Kier alpha value is -0.610. The smallest absolute Gasteiger partial charge is 0.220 e. The highest BCUT2D eigenvalue weighted by molar-refractivity contribution is 5.76. The average molecular weight is 230 g/mol. The summed E-state index contributed by atoms with van der Waals surface area (Å²) in [4.78, 5) is 11.5. The van der Waals surface area contributed by atoms with Crippen LogP contribution in [0.1, 0.15) is 46.0 Å². The molecule has 0 aromatic rings. The fraction of sp³-hybridized carbons (Fsp3) is 0.917. The highest BCUT2D eigenvalue weighted by atomic mass is 16.3. The van der Waals surface area contributed by atoms with Crippen molar-refractivity contribution in [2.75, 3.05) is 13.2 Å². The van der Waals surface area contributed by atoms with Gasteiger partial charge in [-0.15, -0.1) is 0 Å². The molecule has 0 radical (unpaired) electrons. The molecule has 16 heavy (non-hydrogen) atoms. The Morgan fingerprint density at radius 3 is 2.44 bits per heavy atom. The van der Waals surface area contributed by atoms with E-state index in [-0.39, 0.29) is 18.6 Å². The number of aliphatic hydroxyl groups is 1. The van der Waals surface area contributed by atoms with Gasteiger partial charge in [0.2, 0.25) is 5.91 Å². The zero-order valence-electron chi connectivity index (χ0n) is 10.5. The van der Waals surface area contributed by atoms with Gasteiger partial charge < -0.3 is 16.2 Å². The van der Waals surface area contributed by atoms with Gasteiger partial charge in [0.05, 0.1) is 12.6 Å². The van der Waals surface area contributed by atoms with Crippen LogP contribution in [-0.4, -0.2) is 30.2 Å². The molecule has 0 aliphatic heterocycles. The quantitative estimate of drug-likeness (QED) is 0.554. The number of nitrogens with one attached hydrogen (secondary N) is 1. The molecule has 0 aliphatic carbocycles. The van der Waals surface area contributed by atoms with E-state index in [1.807, 2.05) is 6.92 Å². The van der Waals surface area contributed by atoms with Crippen LogP contribution in [0.3, 0.4) is 0 Å². The van der Waals surface area contributed by atoms with Crippen molar-refractivity contribution in [2.45, 2.75) is 52.0 Å². The maximum absolute atomic E-state index is 11.5. The van der Waals surface area contributed by atoms with Gasteiger partial charge in [0, 0.05) is 6.42 Å². The fourth-order valence-corrected chi connectivity index (χ4v) is 1.70. The molecule has 0 aromatic heterocycles. The third-order valence-electron chi connectivity index (χ3n) is 3.01. The van der Waals surface area contributed by atoms with Gasteiger partial charge >= 0.3 is 0 Å². The van der Waals surface area contributed by atoms with Gasteiger partial charge in [0.25, 0.3) is 0 Å². The topological polar surface area (TPSA) is 75.4 Å². The summed E-state index contributed by atoms with van der Waals surface area (Å²) in [6.45, 7) is 4.78. The number of hydrogen-bond acceptors (Lipinski definition) is 3. The first-order valence-electron chi connectivity index (χ1n) is 6.28. The summed E-state index contributed by atoms with van der Waals surface area (Å²) in [5, 5.41) is 11.8. The molecule has 0 heterocycles. The number of carbonyl (C=O) groups is 1. The summed E-state index contributed by atoms with van der Waals surface area (Å²) in [5.74, 6) is 0.585. The van der Waals surface area contributed by atoms with Crippen LogP contribution in [0.15, 0.2) is 0 Å². The molecule has 4 N–H and O–H groups in total. The number of amides is 1. The predicted molar refractivity (Wildman–Crippen MR) is 66.0 cm³/mol. The van der Waals surface area contributed by atoms with Crippen molar-refractivity contribution in [2.24, 2.45) is 11.7 Å². The molecule has 96 valence electrons. The first kappa shape index (κ1) is 15.4. The van der Waals surface area contributed by atoms with Gasteiger partial charge in [-0.05, 0) is 31.7 Å². The lowest BCUT2D eigenvalue weighted by Gasteiger charge is -2.16. The molecular weight excluding hydrogens is 204 g/mol. The molecule has 0 aromatic carbocycles. The molecule has 0 spiro atoms. The molecule has 0 aliphatic rings. The van der Waals surface area contributed by atoms with Crippen molar-refractivity contribution in [3.05, 3.63) is 0 Å². The van der Waals surface area contributed by atoms with Gasteiger partial charge in [-0.1, -0.05) is 20.3 Å². The average Bonchev–Trinajstić information content (AvgIpc) is 2.31. The van der Waals surface area contributed by atoms with Crippen LogP contribution >= 0.6 is 0 Å². The van der Waals surface area contributed by atoms with E-state index in [0.717, 1.165) is 25.7 Å². The Bertz CT molecular complexity index is 182. The molecule has 4 heteroatoms. The fourth-order valence-electron chi connectivity index (χ4n) is 1.70. The van der Waals surface area contributed by atoms with E-state index in [1.54, 1.807) is 0 Å². The number of hydrogen-bond donors (Lipinski definition) is 3. The third kappa shape index (κ3) is 6.80. The van der Waals surface area contributed by atoms with Crippen LogP contribution in [0.2, 0.25) is 0 Å². The van der Waals surface area contributed by atoms with E-state index in [0.29, 0.717) is 18.9 Å². The van der Waals surface area contributed by atoms with Crippen LogP contribution in [0.5, 0.6) is 0 Å². The highest BCUT2D eigenvalue weighted by Crippen LogP contribution is 2.14. The Balaban J connectivity index is 3.78. The highest BCUT2D eigenvalue weighted by Gasteiger charge is 2.11. The second-order valence-corrected chi connectivity index (χ2v) is 4.25. The van der Waals surface area contributed by atoms with Crippen LogP contribution in [-0.2, 0) is 4.79 Å². The minimum atomic E-state index is -0.0953. The molecule has 2 atom stereocenters. The predicted octanol–water partition coefficient (Wildman–Crippen LogP) is 1.03. The van der Waals surface area contributed by atoms with Crippen LogP contribution in [0, 0.1) is 5.92 Å². The van der Waals surface area contributed by atoms with E-state index in [9.17, 15) is 4.79 Å². The summed E-state index contributed by atoms with van der Waals surface area (Å²) < 4.78 is 0. The van der Waals surface area contributed by atoms with Gasteiger partial charge in [-0.2, -0.15) is 0 Å². The summed E-state index contributed by atoms with van der Waals surface area (Å²) in [6.07, 6.45) is 4.25. The summed E-state index contributed by atoms with van der Waals surface area (Å²) in [7, 11) is 0. The Kier molecular flexibility index (Phi) is 9.24. The van der Waals surface area contributed by atoms with E-state index in [2.05, 4.69) is 12.2 Å². The molecule has 0 fully saturated rings. The standard InChI is InChI=1S/C12H26N2O2/c1-3-10(7-8-13)5-6-12(16)14-11(4-2)9-15/h10-11,15H,3-9,13H2,1-2H3,(H,14,16). The Labute approximate surface area is 98.6 Å². The van der Waals surface area contributed by atoms with Crippen molar-refractivity contribution in [3.8, 4) is 0 Å². The van der Waals surface area contributed by atoms with Crippen molar-refractivity contribution in [3.63, 3.8) is 0 Å². The maximum Gasteiger partial charge on any atom is 0.220 e. The molecule has 1 amide bonds. The SMILES string of the molecule is CCC(CCN)CCC(=O)NC(CC)CO. The molecule has 0 saturated heterocycles. The molecule has 2 unspecified atom stereocenters. The van der Waals surface area contributed by atoms with Gasteiger partial charge in [-0.3, -0.25) is 4.79 Å². The van der Waals surface area contributed by atoms with E-state index in [1.165, 1.54) is 0 Å². The molecular formula is C12H26N2O2. The van der Waals surface area contributed by atoms with Gasteiger partial charge in [-0.25, -0.2) is 0 Å². The first-order chi connectivity index (χ1) is 7.67. The normalized spacial score (nSPS) is 14.5. The molecule has 0 rings (SSSR count). The van der Waals surface area contributed by atoms with Crippen LogP contribution < -0.4 is 11.1 Å². The molecule has 0 saturated carbocycles. The summed E-state index contributed by atoms with van der Waals surface area (Å²) in [6, 6.07) is -0.0953. The first-order valence-corrected chi connectivity index (χ1v) is 6.28. The second-order valence-electron chi connectivity index (χ2n) is 4.25. The second kappa shape index (κ2) is 9.60. The zero-order chi connectivity index (χ0) is 12.4. The van der Waals surface area contributed by atoms with Crippen molar-refractivity contribution >= 4 is 5.91 Å². The van der Waals surface area contributed by atoms with Crippen molar-refractivity contribution < 1.29 is 9.90 Å². The largest absolute Gasteiger partial charge is 0.394 e. The van der Waals surface area contributed by atoms with Crippen LogP contribution in [0.25, 0.3) is 0 Å². The van der Waals surface area contributed by atoms with Crippen LogP contribution in [0.4, 0.5) is 0 Å². The maximum atomic E-state index is 11.5. The third-order valence-corrected chi connectivity index (χ3v) is 3.01. The molecule has 4 nitrogen and oxygen atoms in total. The van der Waals surface area contributed by atoms with E-state index in [4.69, 9.17) is 10.8 Å². The molecule has 0 bridgehead atoms. The number of nitrogens with two attached hydrogens (primary N) is 1. The Morgan fingerprint density at radius 2 is 2.00 bits per heavy atom. The number of aliphatic hydroxyl groups excluding tert-OH is 1. The van der Waals surface area contributed by atoms with Gasteiger partial charge in [0.15, 0.2) is 0 Å². The van der Waals surface area contributed by atoms with E-state index < -0.39 is 0 Å². The lowest BCUT2D eigenvalue weighted by atomic mass is 9.96.